The maximum absolute atomic E-state index is 12.1. The van der Waals surface area contributed by atoms with Gasteiger partial charge in [0, 0.05) is 38.4 Å². The van der Waals surface area contributed by atoms with Crippen molar-refractivity contribution < 1.29 is 4.79 Å². The Morgan fingerprint density at radius 1 is 0.880 bits per heavy atom. The lowest BCUT2D eigenvalue weighted by Crippen LogP contribution is -2.48. The molecule has 130 valence electrons. The maximum Gasteiger partial charge on any atom is 0.238 e. The third-order valence-corrected chi connectivity index (χ3v) is 4.36. The van der Waals surface area contributed by atoms with Gasteiger partial charge >= 0.3 is 0 Å². The molecule has 1 fully saturated rings. The van der Waals surface area contributed by atoms with E-state index in [4.69, 9.17) is 0 Å². The zero-order valence-electron chi connectivity index (χ0n) is 14.5. The van der Waals surface area contributed by atoms with Crippen molar-refractivity contribution in [2.24, 2.45) is 0 Å². The summed E-state index contributed by atoms with van der Waals surface area (Å²) in [6.45, 7) is 5.28. The molecule has 2 aromatic rings. The predicted octanol–water partition coefficient (Wildman–Crippen LogP) is 2.96. The second-order valence-electron chi connectivity index (χ2n) is 6.30. The summed E-state index contributed by atoms with van der Waals surface area (Å²) in [6, 6.07) is 20.0. The number of hydrogen-bond acceptors (Lipinski definition) is 3. The van der Waals surface area contributed by atoms with Crippen LogP contribution in [0, 0.1) is 0 Å². The quantitative estimate of drug-likeness (QED) is 0.882. The summed E-state index contributed by atoms with van der Waals surface area (Å²) in [7, 11) is 0. The van der Waals surface area contributed by atoms with E-state index in [0.29, 0.717) is 6.54 Å². The van der Waals surface area contributed by atoms with Crippen LogP contribution in [0.1, 0.15) is 5.56 Å². The Morgan fingerprint density at radius 3 is 2.16 bits per heavy atom. The summed E-state index contributed by atoms with van der Waals surface area (Å²) in [5, 5.41) is 2.95. The summed E-state index contributed by atoms with van der Waals surface area (Å²) in [4.78, 5) is 16.8. The average molecular weight is 335 g/mol. The Morgan fingerprint density at radius 2 is 1.48 bits per heavy atom. The van der Waals surface area contributed by atoms with Crippen molar-refractivity contribution in [1.29, 1.82) is 0 Å². The Balaban J connectivity index is 1.37. The minimum Gasteiger partial charge on any atom is -0.325 e. The van der Waals surface area contributed by atoms with Crippen LogP contribution in [0.5, 0.6) is 0 Å². The molecule has 0 aliphatic carbocycles. The summed E-state index contributed by atoms with van der Waals surface area (Å²) in [5.41, 5.74) is 2.09. The van der Waals surface area contributed by atoms with Crippen LogP contribution < -0.4 is 5.32 Å². The molecule has 0 atom stereocenters. The first-order valence-electron chi connectivity index (χ1n) is 8.81. The summed E-state index contributed by atoms with van der Waals surface area (Å²) < 4.78 is 0. The molecule has 1 heterocycles. The van der Waals surface area contributed by atoms with Gasteiger partial charge < -0.3 is 5.32 Å². The van der Waals surface area contributed by atoms with E-state index in [0.717, 1.165) is 38.4 Å². The van der Waals surface area contributed by atoms with Gasteiger partial charge in [-0.15, -0.1) is 0 Å². The fraction of sp³-hybridized carbons (Fsp3) is 0.286. The summed E-state index contributed by atoms with van der Waals surface area (Å²) in [6.07, 6.45) is 4.38. The Labute approximate surface area is 149 Å². The monoisotopic (exact) mass is 335 g/mol. The van der Waals surface area contributed by atoms with E-state index in [9.17, 15) is 4.79 Å². The molecular weight excluding hydrogens is 310 g/mol. The van der Waals surface area contributed by atoms with E-state index in [2.05, 4.69) is 51.5 Å². The standard InChI is InChI=1S/C21H25N3O/c25-21(22-20-11-5-2-6-12-20)18-24-16-14-23(15-17-24)13-7-10-19-8-3-1-4-9-19/h1-12H,13-18H2,(H,22,25). The molecule has 4 heteroatoms. The third-order valence-electron chi connectivity index (χ3n) is 4.36. The molecule has 4 nitrogen and oxygen atoms in total. The fourth-order valence-corrected chi connectivity index (χ4v) is 2.96. The highest BCUT2D eigenvalue weighted by atomic mass is 16.2. The number of anilines is 1. The second-order valence-corrected chi connectivity index (χ2v) is 6.30. The van der Waals surface area contributed by atoms with Gasteiger partial charge in [-0.05, 0) is 17.7 Å². The molecule has 1 aliphatic heterocycles. The molecule has 0 unspecified atom stereocenters. The minimum atomic E-state index is 0.0589. The van der Waals surface area contributed by atoms with Crippen LogP contribution >= 0.6 is 0 Å². The first kappa shape index (κ1) is 17.4. The fourth-order valence-electron chi connectivity index (χ4n) is 2.96. The van der Waals surface area contributed by atoms with Crippen LogP contribution in [-0.2, 0) is 4.79 Å². The Bertz CT molecular complexity index is 677. The molecule has 25 heavy (non-hydrogen) atoms. The zero-order valence-corrected chi connectivity index (χ0v) is 14.5. The van der Waals surface area contributed by atoms with Gasteiger partial charge in [-0.2, -0.15) is 0 Å². The zero-order chi connectivity index (χ0) is 17.3. The van der Waals surface area contributed by atoms with Crippen molar-refractivity contribution in [1.82, 2.24) is 9.80 Å². The van der Waals surface area contributed by atoms with Crippen molar-refractivity contribution in [3.63, 3.8) is 0 Å². The Hall–Kier alpha value is -2.43. The third kappa shape index (κ3) is 5.85. The Kier molecular flexibility index (Phi) is 6.37. The van der Waals surface area contributed by atoms with E-state index in [1.807, 2.05) is 36.4 Å². The number of nitrogens with one attached hydrogen (secondary N) is 1. The molecule has 0 radical (unpaired) electrons. The molecule has 1 N–H and O–H groups in total. The van der Waals surface area contributed by atoms with Crippen LogP contribution in [-0.4, -0.2) is 55.0 Å². The molecule has 0 bridgehead atoms. The highest BCUT2D eigenvalue weighted by Gasteiger charge is 2.18. The van der Waals surface area contributed by atoms with Crippen molar-refractivity contribution in [2.75, 3.05) is 44.6 Å². The summed E-state index contributed by atoms with van der Waals surface area (Å²) in [5.74, 6) is 0.0589. The van der Waals surface area contributed by atoms with Crippen molar-refractivity contribution in [3.8, 4) is 0 Å². The summed E-state index contributed by atoms with van der Waals surface area (Å²) >= 11 is 0. The number of nitrogens with zero attached hydrogens (tertiary/aromatic N) is 2. The molecular formula is C21H25N3O. The molecule has 0 aromatic heterocycles. The van der Waals surface area contributed by atoms with E-state index >= 15 is 0 Å². The van der Waals surface area contributed by atoms with E-state index in [1.54, 1.807) is 0 Å². The van der Waals surface area contributed by atoms with Crippen molar-refractivity contribution >= 4 is 17.7 Å². The van der Waals surface area contributed by atoms with Crippen LogP contribution in [0.2, 0.25) is 0 Å². The van der Waals surface area contributed by atoms with E-state index in [-0.39, 0.29) is 5.91 Å². The molecule has 1 amide bonds. The SMILES string of the molecule is O=C(CN1CCN(CC=Cc2ccccc2)CC1)Nc1ccccc1. The number of benzene rings is 2. The van der Waals surface area contributed by atoms with Crippen molar-refractivity contribution in [3.05, 3.63) is 72.3 Å². The van der Waals surface area contributed by atoms with Gasteiger partial charge in [-0.1, -0.05) is 60.7 Å². The number of hydrogen-bond donors (Lipinski definition) is 1. The van der Waals surface area contributed by atoms with Gasteiger partial charge in [0.15, 0.2) is 0 Å². The van der Waals surface area contributed by atoms with Gasteiger partial charge in [0.1, 0.15) is 0 Å². The molecule has 1 saturated heterocycles. The number of carbonyl (C=O) groups excluding carboxylic acids is 1. The molecule has 0 saturated carbocycles. The maximum atomic E-state index is 12.1. The number of piperazine rings is 1. The van der Waals surface area contributed by atoms with Crippen LogP contribution in [0.25, 0.3) is 6.08 Å². The smallest absolute Gasteiger partial charge is 0.238 e. The second kappa shape index (κ2) is 9.16. The normalized spacial score (nSPS) is 16.2. The first-order valence-corrected chi connectivity index (χ1v) is 8.81. The molecule has 2 aromatic carbocycles. The van der Waals surface area contributed by atoms with Crippen LogP contribution in [0.4, 0.5) is 5.69 Å². The van der Waals surface area contributed by atoms with Gasteiger partial charge in [0.25, 0.3) is 0 Å². The van der Waals surface area contributed by atoms with Crippen LogP contribution in [0.15, 0.2) is 66.7 Å². The topological polar surface area (TPSA) is 35.6 Å². The minimum absolute atomic E-state index is 0.0589. The van der Waals surface area contributed by atoms with Gasteiger partial charge in [-0.25, -0.2) is 0 Å². The largest absolute Gasteiger partial charge is 0.325 e. The van der Waals surface area contributed by atoms with Gasteiger partial charge in [0.05, 0.1) is 6.54 Å². The van der Waals surface area contributed by atoms with E-state index < -0.39 is 0 Å². The highest BCUT2D eigenvalue weighted by Crippen LogP contribution is 2.07. The predicted molar refractivity (Wildman–Crippen MR) is 103 cm³/mol. The first-order chi connectivity index (χ1) is 12.3. The van der Waals surface area contributed by atoms with Gasteiger partial charge in [0.2, 0.25) is 5.91 Å². The number of amides is 1. The lowest BCUT2D eigenvalue weighted by molar-refractivity contribution is -0.117. The van der Waals surface area contributed by atoms with Gasteiger partial charge in [-0.3, -0.25) is 14.6 Å². The van der Waals surface area contributed by atoms with E-state index in [1.165, 1.54) is 5.56 Å². The van der Waals surface area contributed by atoms with Crippen LogP contribution in [0.3, 0.4) is 0 Å². The van der Waals surface area contributed by atoms with Crippen molar-refractivity contribution in [2.45, 2.75) is 0 Å². The lowest BCUT2D eigenvalue weighted by atomic mass is 10.2. The molecule has 0 spiro atoms. The highest BCUT2D eigenvalue weighted by molar-refractivity contribution is 5.92. The number of rotatable bonds is 6. The molecule has 1 aliphatic rings. The lowest BCUT2D eigenvalue weighted by Gasteiger charge is -2.33. The molecule has 3 rings (SSSR count). The number of carbonyl (C=O) groups is 1. The number of para-hydroxylation sites is 1. The average Bonchev–Trinajstić information content (AvgIpc) is 2.65.